The smallest absolute Gasteiger partial charge is 0.327 e. The predicted molar refractivity (Wildman–Crippen MR) is 139 cm³/mol. The van der Waals surface area contributed by atoms with Crippen LogP contribution in [0.15, 0.2) is 24.3 Å². The van der Waals surface area contributed by atoms with Crippen LogP contribution < -0.4 is 21.7 Å². The van der Waals surface area contributed by atoms with E-state index < -0.39 is 35.4 Å². The Balaban J connectivity index is 1.64. The highest BCUT2D eigenvalue weighted by Crippen LogP contribution is 2.42. The average Bonchev–Trinajstić information content (AvgIpc) is 3.33. The van der Waals surface area contributed by atoms with Gasteiger partial charge in [-0.1, -0.05) is 46.6 Å². The van der Waals surface area contributed by atoms with E-state index in [1.807, 2.05) is 0 Å². The summed E-state index contributed by atoms with van der Waals surface area (Å²) in [7, 11) is 2.48. The highest BCUT2D eigenvalue weighted by molar-refractivity contribution is 8.76. The molecule has 1 saturated heterocycles. The van der Waals surface area contributed by atoms with Crippen LogP contribution in [0, 0.1) is 5.41 Å². The average molecular weight is 539 g/mol. The molecule has 3 atom stereocenters. The van der Waals surface area contributed by atoms with Gasteiger partial charge in [-0.25, -0.2) is 4.79 Å². The third-order valence-corrected chi connectivity index (χ3v) is 9.11. The monoisotopic (exact) mass is 538 g/mol. The number of nitrogens with one attached hydrogen (secondary N) is 3. The lowest BCUT2D eigenvalue weighted by Gasteiger charge is -2.30. The molecular weight excluding hydrogens is 504 g/mol. The highest BCUT2D eigenvalue weighted by atomic mass is 33.1. The van der Waals surface area contributed by atoms with Crippen molar-refractivity contribution in [1.29, 1.82) is 0 Å². The highest BCUT2D eigenvalue weighted by Gasteiger charge is 2.42. The SMILES string of the molecule is N[C@@H](Cc1ccc(O)cc1)C(=O)N[C@H]1CSSC[C@@H](C(=O)O)NC(=O)C2(CCCC2)CCCNC1=O. The molecule has 36 heavy (non-hydrogen) atoms. The van der Waals surface area contributed by atoms with E-state index in [2.05, 4.69) is 16.0 Å². The second kappa shape index (κ2) is 13.2. The number of carbonyl (C=O) groups excluding carboxylic acids is 3. The summed E-state index contributed by atoms with van der Waals surface area (Å²) in [6.07, 6.45) is 4.62. The topological polar surface area (TPSA) is 171 Å². The normalized spacial score (nSPS) is 24.2. The van der Waals surface area contributed by atoms with Gasteiger partial charge in [0.25, 0.3) is 0 Å². The van der Waals surface area contributed by atoms with E-state index in [1.165, 1.54) is 33.7 Å². The molecule has 10 nitrogen and oxygen atoms in total. The van der Waals surface area contributed by atoms with E-state index in [0.29, 0.717) is 32.2 Å². The van der Waals surface area contributed by atoms with Crippen LogP contribution in [0.1, 0.15) is 44.1 Å². The molecule has 1 aliphatic carbocycles. The molecule has 0 bridgehead atoms. The third-order valence-electron chi connectivity index (χ3n) is 6.69. The standard InChI is InChI=1S/C24H34N4O6S2/c25-17(12-15-4-6-16(29)7-5-15)20(30)27-18-13-35-36-14-19(22(32)33)28-23(34)24(8-1-2-9-24)10-3-11-26-21(18)31/h4-7,17-19,29H,1-3,8-14,25H2,(H,26,31)(H,27,30)(H,28,34)(H,32,33)/t17-,18-,19-/m0/s1. The summed E-state index contributed by atoms with van der Waals surface area (Å²) in [5.74, 6) is -1.68. The summed E-state index contributed by atoms with van der Waals surface area (Å²) >= 11 is 0. The summed E-state index contributed by atoms with van der Waals surface area (Å²) in [4.78, 5) is 50.4. The van der Waals surface area contributed by atoms with E-state index in [-0.39, 0.29) is 35.5 Å². The van der Waals surface area contributed by atoms with Crippen LogP contribution in [0.25, 0.3) is 0 Å². The lowest BCUT2D eigenvalue weighted by molar-refractivity contribution is -0.143. The molecule has 1 spiro atoms. The van der Waals surface area contributed by atoms with Crippen LogP contribution in [0.4, 0.5) is 0 Å². The first-order chi connectivity index (χ1) is 17.2. The predicted octanol–water partition coefficient (Wildman–Crippen LogP) is 1.17. The van der Waals surface area contributed by atoms with Crippen molar-refractivity contribution in [3.8, 4) is 5.75 Å². The molecule has 1 aromatic carbocycles. The maximum atomic E-state index is 13.0. The van der Waals surface area contributed by atoms with Crippen molar-refractivity contribution in [3.05, 3.63) is 29.8 Å². The van der Waals surface area contributed by atoms with Crippen LogP contribution in [0.5, 0.6) is 5.75 Å². The lowest BCUT2D eigenvalue weighted by atomic mass is 9.80. The fourth-order valence-corrected chi connectivity index (χ4v) is 6.88. The first kappa shape index (κ1) is 28.1. The number of nitrogens with two attached hydrogens (primary N) is 1. The zero-order chi connectivity index (χ0) is 26.1. The van der Waals surface area contributed by atoms with Crippen LogP contribution in [0.2, 0.25) is 0 Å². The Labute approximate surface area is 218 Å². The van der Waals surface area contributed by atoms with Gasteiger partial charge in [0, 0.05) is 23.5 Å². The van der Waals surface area contributed by atoms with Gasteiger partial charge in [-0.3, -0.25) is 14.4 Å². The Hall–Kier alpha value is -2.44. The molecule has 3 rings (SSSR count). The first-order valence-electron chi connectivity index (χ1n) is 12.1. The zero-order valence-electron chi connectivity index (χ0n) is 20.0. The molecule has 12 heteroatoms. The Kier molecular flexibility index (Phi) is 10.3. The van der Waals surface area contributed by atoms with Crippen molar-refractivity contribution in [1.82, 2.24) is 16.0 Å². The Bertz CT molecular complexity index is 939. The summed E-state index contributed by atoms with van der Waals surface area (Å²) in [6, 6.07) is 3.62. The number of amides is 3. The van der Waals surface area contributed by atoms with E-state index >= 15 is 0 Å². The quantitative estimate of drug-likeness (QED) is 0.301. The molecule has 1 saturated carbocycles. The van der Waals surface area contributed by atoms with Crippen molar-refractivity contribution in [2.45, 2.75) is 63.1 Å². The number of aliphatic carboxylic acids is 1. The number of hydrogen-bond acceptors (Lipinski definition) is 8. The number of benzene rings is 1. The molecule has 2 fully saturated rings. The minimum atomic E-state index is -1.10. The van der Waals surface area contributed by atoms with Gasteiger partial charge in [-0.05, 0) is 49.8 Å². The van der Waals surface area contributed by atoms with Crippen molar-refractivity contribution < 1.29 is 29.4 Å². The zero-order valence-corrected chi connectivity index (χ0v) is 21.7. The van der Waals surface area contributed by atoms with Gasteiger partial charge in [0.2, 0.25) is 17.7 Å². The molecule has 198 valence electrons. The second-order valence-electron chi connectivity index (χ2n) is 9.35. The van der Waals surface area contributed by atoms with Gasteiger partial charge in [-0.15, -0.1) is 0 Å². The van der Waals surface area contributed by atoms with E-state index in [0.717, 1.165) is 18.4 Å². The van der Waals surface area contributed by atoms with E-state index in [4.69, 9.17) is 5.73 Å². The molecule has 1 aliphatic heterocycles. The van der Waals surface area contributed by atoms with Gasteiger partial charge in [0.05, 0.1) is 6.04 Å². The van der Waals surface area contributed by atoms with Crippen molar-refractivity contribution in [2.75, 3.05) is 18.1 Å². The first-order valence-corrected chi connectivity index (χ1v) is 14.6. The summed E-state index contributed by atoms with van der Waals surface area (Å²) in [5.41, 5.74) is 6.24. The van der Waals surface area contributed by atoms with Crippen molar-refractivity contribution in [3.63, 3.8) is 0 Å². The van der Waals surface area contributed by atoms with Crippen LogP contribution in [-0.4, -0.2) is 70.1 Å². The fraction of sp³-hybridized carbons (Fsp3) is 0.583. The maximum absolute atomic E-state index is 13.0. The molecule has 0 unspecified atom stereocenters. The van der Waals surface area contributed by atoms with Crippen LogP contribution in [-0.2, 0) is 25.6 Å². The number of carbonyl (C=O) groups is 4. The number of phenolic OH excluding ortho intramolecular Hbond substituents is 1. The Morgan fingerprint density at radius 1 is 1.08 bits per heavy atom. The Morgan fingerprint density at radius 2 is 1.72 bits per heavy atom. The molecule has 7 N–H and O–H groups in total. The van der Waals surface area contributed by atoms with Gasteiger partial charge in [0.15, 0.2) is 0 Å². The van der Waals surface area contributed by atoms with Crippen LogP contribution >= 0.6 is 21.6 Å². The largest absolute Gasteiger partial charge is 0.508 e. The minimum Gasteiger partial charge on any atom is -0.508 e. The molecule has 3 amide bonds. The minimum absolute atomic E-state index is 0.117. The van der Waals surface area contributed by atoms with Crippen molar-refractivity contribution >= 4 is 45.3 Å². The lowest BCUT2D eigenvalue weighted by Crippen LogP contribution is -2.53. The molecule has 0 aromatic heterocycles. The van der Waals surface area contributed by atoms with Gasteiger partial charge < -0.3 is 31.9 Å². The number of carboxylic acid groups (broad SMARTS) is 1. The maximum Gasteiger partial charge on any atom is 0.327 e. The molecule has 1 aromatic rings. The Morgan fingerprint density at radius 3 is 2.39 bits per heavy atom. The van der Waals surface area contributed by atoms with E-state index in [1.54, 1.807) is 12.1 Å². The number of hydrogen-bond donors (Lipinski definition) is 6. The van der Waals surface area contributed by atoms with Gasteiger partial charge >= 0.3 is 5.97 Å². The number of phenols is 1. The number of aromatic hydroxyl groups is 1. The van der Waals surface area contributed by atoms with Crippen molar-refractivity contribution in [2.24, 2.45) is 11.1 Å². The van der Waals surface area contributed by atoms with E-state index in [9.17, 15) is 29.4 Å². The fourth-order valence-electron chi connectivity index (χ4n) is 4.56. The number of carboxylic acids is 1. The molecule has 0 radical (unpaired) electrons. The summed E-state index contributed by atoms with van der Waals surface area (Å²) in [5, 5.41) is 27.4. The van der Waals surface area contributed by atoms with Crippen LogP contribution in [0.3, 0.4) is 0 Å². The molecule has 1 heterocycles. The second-order valence-corrected chi connectivity index (χ2v) is 11.9. The molecular formula is C24H34N4O6S2. The summed E-state index contributed by atoms with van der Waals surface area (Å²) < 4.78 is 0. The summed E-state index contributed by atoms with van der Waals surface area (Å²) in [6.45, 7) is 0.347. The number of rotatable bonds is 5. The molecule has 2 aliphatic rings. The van der Waals surface area contributed by atoms with Gasteiger partial charge in [-0.2, -0.15) is 0 Å². The van der Waals surface area contributed by atoms with Gasteiger partial charge in [0.1, 0.15) is 17.8 Å². The third kappa shape index (κ3) is 7.78.